The molecule has 0 unspecified atom stereocenters. The molecule has 0 fully saturated rings. The molecule has 1 amide bonds. The van der Waals surface area contributed by atoms with Crippen LogP contribution in [0.1, 0.15) is 6.42 Å². The maximum absolute atomic E-state index is 12.1. The first kappa shape index (κ1) is 15.4. The number of nitrogens with zero attached hydrogens (tertiary/aromatic N) is 1. The monoisotopic (exact) mass is 296 g/mol. The largest absolute Gasteiger partial charge is 0.397 e. The fourth-order valence-electron chi connectivity index (χ4n) is 1.29. The highest BCUT2D eigenvalue weighted by molar-refractivity contribution is 7.89. The zero-order valence-corrected chi connectivity index (χ0v) is 10.6. The minimum Gasteiger partial charge on any atom is -0.315 e. The van der Waals surface area contributed by atoms with Crippen LogP contribution in [0, 0.1) is 0 Å². The van der Waals surface area contributed by atoms with Crippen LogP contribution < -0.4 is 10.0 Å². The lowest BCUT2D eigenvalue weighted by Gasteiger charge is -2.18. The first-order valence-corrected chi connectivity index (χ1v) is 6.51. The standard InChI is InChI=1S/C10H11F3N2O3S/c1-15(9(16)6-10(11,12)13)7-2-4-8(5-3-7)19(14,17)18/h2-5H,6H2,1H3,(H2,14,17,18). The van der Waals surface area contributed by atoms with E-state index < -0.39 is 28.5 Å². The van der Waals surface area contributed by atoms with Crippen molar-refractivity contribution in [2.75, 3.05) is 11.9 Å². The van der Waals surface area contributed by atoms with E-state index in [0.717, 1.165) is 17.0 Å². The predicted octanol–water partition coefficient (Wildman–Crippen LogP) is 1.25. The van der Waals surface area contributed by atoms with Crippen LogP contribution in [0.25, 0.3) is 0 Å². The van der Waals surface area contributed by atoms with Crippen molar-refractivity contribution in [2.45, 2.75) is 17.5 Å². The second-order valence-corrected chi connectivity index (χ2v) is 5.35. The summed E-state index contributed by atoms with van der Waals surface area (Å²) in [7, 11) is -2.71. The molecule has 0 aliphatic carbocycles. The lowest BCUT2D eigenvalue weighted by atomic mass is 10.2. The third kappa shape index (κ3) is 4.52. The van der Waals surface area contributed by atoms with Crippen molar-refractivity contribution in [3.05, 3.63) is 24.3 Å². The fourth-order valence-corrected chi connectivity index (χ4v) is 1.81. The minimum atomic E-state index is -4.59. The molecule has 19 heavy (non-hydrogen) atoms. The third-order valence-corrected chi connectivity index (χ3v) is 3.21. The molecule has 2 N–H and O–H groups in total. The number of alkyl halides is 3. The summed E-state index contributed by atoms with van der Waals surface area (Å²) >= 11 is 0. The molecule has 0 radical (unpaired) electrons. The molecule has 5 nitrogen and oxygen atoms in total. The van der Waals surface area contributed by atoms with Crippen molar-refractivity contribution < 1.29 is 26.4 Å². The number of halogens is 3. The van der Waals surface area contributed by atoms with Gasteiger partial charge in [0.2, 0.25) is 15.9 Å². The molecule has 9 heteroatoms. The zero-order chi connectivity index (χ0) is 14.8. The quantitative estimate of drug-likeness (QED) is 0.911. The Labute approximate surface area is 107 Å². The van der Waals surface area contributed by atoms with E-state index in [2.05, 4.69) is 0 Å². The van der Waals surface area contributed by atoms with Crippen LogP contribution in [0.5, 0.6) is 0 Å². The lowest BCUT2D eigenvalue weighted by Crippen LogP contribution is -2.30. The lowest BCUT2D eigenvalue weighted by molar-refractivity contribution is -0.151. The van der Waals surface area contributed by atoms with Crippen molar-refractivity contribution in [3.8, 4) is 0 Å². The van der Waals surface area contributed by atoms with E-state index in [1.807, 2.05) is 0 Å². The average Bonchev–Trinajstić information content (AvgIpc) is 2.24. The van der Waals surface area contributed by atoms with Gasteiger partial charge in [0.25, 0.3) is 0 Å². The molecule has 0 aliphatic heterocycles. The minimum absolute atomic E-state index is 0.140. The molecule has 106 valence electrons. The van der Waals surface area contributed by atoms with Gasteiger partial charge >= 0.3 is 6.18 Å². The number of sulfonamides is 1. The summed E-state index contributed by atoms with van der Waals surface area (Å²) in [4.78, 5) is 11.9. The average molecular weight is 296 g/mol. The number of benzene rings is 1. The highest BCUT2D eigenvalue weighted by Gasteiger charge is 2.32. The van der Waals surface area contributed by atoms with Gasteiger partial charge in [-0.15, -0.1) is 0 Å². The Hall–Kier alpha value is -1.61. The van der Waals surface area contributed by atoms with Crippen molar-refractivity contribution in [2.24, 2.45) is 5.14 Å². The van der Waals surface area contributed by atoms with Gasteiger partial charge < -0.3 is 4.90 Å². The van der Waals surface area contributed by atoms with E-state index in [1.165, 1.54) is 19.2 Å². The van der Waals surface area contributed by atoms with Gasteiger partial charge in [-0.1, -0.05) is 0 Å². The van der Waals surface area contributed by atoms with Gasteiger partial charge in [-0.25, -0.2) is 13.6 Å². The predicted molar refractivity (Wildman–Crippen MR) is 61.9 cm³/mol. The van der Waals surface area contributed by atoms with Crippen LogP contribution in [-0.2, 0) is 14.8 Å². The second kappa shape index (κ2) is 5.17. The maximum Gasteiger partial charge on any atom is 0.397 e. The van der Waals surface area contributed by atoms with Crippen molar-refractivity contribution >= 4 is 21.6 Å². The molecule has 1 aromatic rings. The Morgan fingerprint density at radius 2 is 1.74 bits per heavy atom. The van der Waals surface area contributed by atoms with Crippen LogP contribution in [0.2, 0.25) is 0 Å². The Morgan fingerprint density at radius 3 is 2.11 bits per heavy atom. The van der Waals surface area contributed by atoms with Crippen molar-refractivity contribution in [1.29, 1.82) is 0 Å². The number of rotatable bonds is 3. The highest BCUT2D eigenvalue weighted by Crippen LogP contribution is 2.23. The number of carbonyl (C=O) groups excluding carboxylic acids is 1. The number of carbonyl (C=O) groups is 1. The van der Waals surface area contributed by atoms with Crippen molar-refractivity contribution in [3.63, 3.8) is 0 Å². The molecule has 0 saturated carbocycles. The summed E-state index contributed by atoms with van der Waals surface area (Å²) in [5, 5.41) is 4.87. The number of hydrogen-bond donors (Lipinski definition) is 1. The van der Waals surface area contributed by atoms with Gasteiger partial charge in [-0.05, 0) is 24.3 Å². The summed E-state index contributed by atoms with van der Waals surface area (Å²) < 4.78 is 58.1. The normalized spacial score (nSPS) is 12.3. The van der Waals surface area contributed by atoms with Crippen LogP contribution in [0.15, 0.2) is 29.2 Å². The number of nitrogens with two attached hydrogens (primary N) is 1. The number of anilines is 1. The molecule has 0 aliphatic rings. The van der Waals surface area contributed by atoms with E-state index in [-0.39, 0.29) is 10.6 Å². The number of amides is 1. The molecular formula is C10H11F3N2O3S. The SMILES string of the molecule is CN(C(=O)CC(F)(F)F)c1ccc(S(N)(=O)=O)cc1. The molecule has 0 spiro atoms. The number of hydrogen-bond acceptors (Lipinski definition) is 3. The van der Waals surface area contributed by atoms with Crippen LogP contribution in [-0.4, -0.2) is 27.5 Å². The molecule has 0 aromatic heterocycles. The fraction of sp³-hybridized carbons (Fsp3) is 0.300. The summed E-state index contributed by atoms with van der Waals surface area (Å²) in [6.45, 7) is 0. The summed E-state index contributed by atoms with van der Waals surface area (Å²) in [6, 6.07) is 4.63. The van der Waals surface area contributed by atoms with E-state index in [0.29, 0.717) is 0 Å². The van der Waals surface area contributed by atoms with Crippen LogP contribution in [0.3, 0.4) is 0 Å². The van der Waals surface area contributed by atoms with E-state index >= 15 is 0 Å². The Morgan fingerprint density at radius 1 is 1.26 bits per heavy atom. The van der Waals surface area contributed by atoms with Gasteiger partial charge in [-0.3, -0.25) is 4.79 Å². The second-order valence-electron chi connectivity index (χ2n) is 3.78. The van der Waals surface area contributed by atoms with Gasteiger partial charge in [0.05, 0.1) is 4.90 Å². The molecule has 0 bridgehead atoms. The summed E-state index contributed by atoms with van der Waals surface area (Å²) in [5.41, 5.74) is 0.140. The van der Waals surface area contributed by atoms with Gasteiger partial charge in [0, 0.05) is 12.7 Å². The molecule has 0 saturated heterocycles. The summed E-state index contributed by atoms with van der Waals surface area (Å²) in [5.74, 6) is -1.14. The van der Waals surface area contributed by atoms with Gasteiger partial charge in [0.15, 0.2) is 0 Å². The Balaban J connectivity index is 2.90. The third-order valence-electron chi connectivity index (χ3n) is 2.28. The maximum atomic E-state index is 12.1. The summed E-state index contributed by atoms with van der Waals surface area (Å²) in [6.07, 6.45) is -6.17. The Kier molecular flexibility index (Phi) is 4.21. The Bertz CT molecular complexity index is 567. The topological polar surface area (TPSA) is 80.5 Å². The molecule has 1 rings (SSSR count). The van der Waals surface area contributed by atoms with Gasteiger partial charge in [0.1, 0.15) is 6.42 Å². The highest BCUT2D eigenvalue weighted by atomic mass is 32.2. The molecular weight excluding hydrogens is 285 g/mol. The zero-order valence-electron chi connectivity index (χ0n) is 9.81. The number of primary sulfonamides is 1. The van der Waals surface area contributed by atoms with Crippen LogP contribution >= 0.6 is 0 Å². The first-order chi connectivity index (χ1) is 8.50. The molecule has 1 aromatic carbocycles. The van der Waals surface area contributed by atoms with E-state index in [9.17, 15) is 26.4 Å². The molecule has 0 atom stereocenters. The van der Waals surface area contributed by atoms with Crippen LogP contribution in [0.4, 0.5) is 18.9 Å². The molecule has 0 heterocycles. The van der Waals surface area contributed by atoms with Gasteiger partial charge in [-0.2, -0.15) is 13.2 Å². The smallest absolute Gasteiger partial charge is 0.315 e. The first-order valence-electron chi connectivity index (χ1n) is 4.97. The van der Waals surface area contributed by atoms with E-state index in [4.69, 9.17) is 5.14 Å². The van der Waals surface area contributed by atoms with Crippen molar-refractivity contribution in [1.82, 2.24) is 0 Å². The van der Waals surface area contributed by atoms with E-state index in [1.54, 1.807) is 0 Å².